The molecule has 4 nitrogen and oxygen atoms in total. The molecule has 0 rings (SSSR count). The minimum atomic E-state index is -0.0452. The maximum atomic E-state index is 11.4. The number of carbonyl (C=O) groups excluding carboxylic acids is 2. The molecule has 1 amide bonds. The van der Waals surface area contributed by atoms with Crippen LogP contribution < -0.4 is 5.32 Å². The first-order chi connectivity index (χ1) is 8.93. The Kier molecular flexibility index (Phi) is 10.5. The van der Waals surface area contributed by atoms with E-state index in [2.05, 4.69) is 19.2 Å². The van der Waals surface area contributed by atoms with Gasteiger partial charge in [-0.05, 0) is 18.8 Å². The molecule has 0 saturated carbocycles. The minimum absolute atomic E-state index is 0.0159. The average molecular weight is 271 g/mol. The zero-order valence-corrected chi connectivity index (χ0v) is 12.8. The fourth-order valence-electron chi connectivity index (χ4n) is 1.44. The van der Waals surface area contributed by atoms with Crippen LogP contribution in [0.5, 0.6) is 0 Å². The molecular weight excluding hydrogens is 242 g/mol. The molecule has 19 heavy (non-hydrogen) atoms. The smallest absolute Gasteiger partial charge is 0.220 e. The summed E-state index contributed by atoms with van der Waals surface area (Å²) in [6, 6.07) is 0. The number of nitrogens with one attached hydrogen (secondary N) is 1. The Balaban J connectivity index is 3.37. The Labute approximate surface area is 117 Å². The van der Waals surface area contributed by atoms with Gasteiger partial charge >= 0.3 is 0 Å². The molecule has 0 heterocycles. The van der Waals surface area contributed by atoms with Crippen LogP contribution in [0.25, 0.3) is 0 Å². The maximum Gasteiger partial charge on any atom is 0.220 e. The van der Waals surface area contributed by atoms with E-state index in [0.717, 1.165) is 19.4 Å². The average Bonchev–Trinajstić information content (AvgIpc) is 2.34. The summed E-state index contributed by atoms with van der Waals surface area (Å²) in [4.78, 5) is 22.8. The number of hydrogen-bond donors (Lipinski definition) is 1. The Morgan fingerprint density at radius 1 is 1.05 bits per heavy atom. The highest BCUT2D eigenvalue weighted by atomic mass is 16.5. The first-order valence-corrected chi connectivity index (χ1v) is 7.30. The van der Waals surface area contributed by atoms with Crippen molar-refractivity contribution in [2.75, 3.05) is 19.8 Å². The first kappa shape index (κ1) is 18.1. The lowest BCUT2D eigenvalue weighted by atomic mass is 10.0. The van der Waals surface area contributed by atoms with Crippen LogP contribution in [-0.4, -0.2) is 31.4 Å². The summed E-state index contributed by atoms with van der Waals surface area (Å²) < 4.78 is 5.45. The van der Waals surface area contributed by atoms with Crippen LogP contribution in [0.2, 0.25) is 0 Å². The van der Waals surface area contributed by atoms with E-state index in [0.29, 0.717) is 31.9 Å². The largest absolute Gasteiger partial charge is 0.381 e. The predicted octanol–water partition coefficient (Wildman–Crippen LogP) is 2.56. The third-order valence-electron chi connectivity index (χ3n) is 2.87. The molecule has 0 aliphatic heterocycles. The number of amides is 1. The molecule has 4 heteroatoms. The molecule has 0 spiro atoms. The van der Waals surface area contributed by atoms with E-state index in [-0.39, 0.29) is 17.6 Å². The molecule has 0 atom stereocenters. The third kappa shape index (κ3) is 11.9. The Hall–Kier alpha value is -0.900. The zero-order valence-electron chi connectivity index (χ0n) is 12.8. The molecule has 0 aromatic carbocycles. The van der Waals surface area contributed by atoms with E-state index in [1.54, 1.807) is 0 Å². The summed E-state index contributed by atoms with van der Waals surface area (Å²) in [5.41, 5.74) is 0. The number of rotatable bonds is 11. The van der Waals surface area contributed by atoms with Crippen LogP contribution >= 0.6 is 0 Å². The highest BCUT2D eigenvalue weighted by Crippen LogP contribution is 2.01. The Morgan fingerprint density at radius 2 is 1.74 bits per heavy atom. The molecule has 0 aliphatic rings. The summed E-state index contributed by atoms with van der Waals surface area (Å²) in [7, 11) is 0. The van der Waals surface area contributed by atoms with Crippen molar-refractivity contribution < 1.29 is 14.3 Å². The molecule has 0 radical (unpaired) electrons. The fraction of sp³-hybridized carbons (Fsp3) is 0.867. The van der Waals surface area contributed by atoms with Crippen molar-refractivity contribution in [3.63, 3.8) is 0 Å². The molecule has 112 valence electrons. The van der Waals surface area contributed by atoms with Gasteiger partial charge in [-0.3, -0.25) is 9.59 Å². The van der Waals surface area contributed by atoms with Gasteiger partial charge in [0.05, 0.1) is 0 Å². The predicted molar refractivity (Wildman–Crippen MR) is 77.0 cm³/mol. The van der Waals surface area contributed by atoms with Gasteiger partial charge in [-0.1, -0.05) is 27.7 Å². The molecule has 0 aromatic heterocycles. The molecule has 0 unspecified atom stereocenters. The number of hydrogen-bond acceptors (Lipinski definition) is 3. The third-order valence-corrected chi connectivity index (χ3v) is 2.87. The van der Waals surface area contributed by atoms with E-state index < -0.39 is 0 Å². The van der Waals surface area contributed by atoms with Crippen molar-refractivity contribution in [3.8, 4) is 0 Å². The molecule has 0 bridgehead atoms. The van der Waals surface area contributed by atoms with Crippen molar-refractivity contribution in [3.05, 3.63) is 0 Å². The van der Waals surface area contributed by atoms with Crippen LogP contribution in [0.4, 0.5) is 0 Å². The summed E-state index contributed by atoms with van der Waals surface area (Å²) in [6.07, 6.45) is 2.53. The number of Topliss-reactive ketones (excluding diaryl/α,β-unsaturated/α-hetero) is 1. The fourth-order valence-corrected chi connectivity index (χ4v) is 1.44. The lowest BCUT2D eigenvalue weighted by Crippen LogP contribution is -2.26. The van der Waals surface area contributed by atoms with Gasteiger partial charge in [-0.25, -0.2) is 0 Å². The summed E-state index contributed by atoms with van der Waals surface area (Å²) in [6.45, 7) is 10.1. The van der Waals surface area contributed by atoms with Crippen LogP contribution in [0.1, 0.15) is 53.4 Å². The normalized spacial score (nSPS) is 11.1. The SMILES string of the molecule is CC(C)CCOCCCNC(=O)CCC(=O)C(C)C. The van der Waals surface area contributed by atoms with Gasteiger partial charge in [0, 0.05) is 38.5 Å². The molecule has 1 N–H and O–H groups in total. The highest BCUT2D eigenvalue weighted by Gasteiger charge is 2.09. The van der Waals surface area contributed by atoms with Gasteiger partial charge in [0.25, 0.3) is 0 Å². The van der Waals surface area contributed by atoms with Crippen molar-refractivity contribution in [2.24, 2.45) is 11.8 Å². The first-order valence-electron chi connectivity index (χ1n) is 7.30. The quantitative estimate of drug-likeness (QED) is 0.588. The molecule has 0 aliphatic carbocycles. The van der Waals surface area contributed by atoms with Gasteiger partial charge in [-0.15, -0.1) is 0 Å². The summed E-state index contributed by atoms with van der Waals surface area (Å²) >= 11 is 0. The second-order valence-corrected chi connectivity index (χ2v) is 5.62. The van der Waals surface area contributed by atoms with Gasteiger partial charge in [-0.2, -0.15) is 0 Å². The van der Waals surface area contributed by atoms with E-state index in [4.69, 9.17) is 4.74 Å². The molecule has 0 aromatic rings. The van der Waals surface area contributed by atoms with Crippen LogP contribution in [-0.2, 0) is 14.3 Å². The Bertz CT molecular complexity index is 262. The van der Waals surface area contributed by atoms with Gasteiger partial charge in [0.2, 0.25) is 5.91 Å². The van der Waals surface area contributed by atoms with Crippen LogP contribution in [0.3, 0.4) is 0 Å². The number of ketones is 1. The van der Waals surface area contributed by atoms with Crippen LogP contribution in [0, 0.1) is 11.8 Å². The van der Waals surface area contributed by atoms with E-state index >= 15 is 0 Å². The topological polar surface area (TPSA) is 55.4 Å². The Morgan fingerprint density at radius 3 is 2.32 bits per heavy atom. The van der Waals surface area contributed by atoms with Crippen molar-refractivity contribution >= 4 is 11.7 Å². The lowest BCUT2D eigenvalue weighted by Gasteiger charge is -2.08. The van der Waals surface area contributed by atoms with Crippen molar-refractivity contribution in [1.29, 1.82) is 0 Å². The van der Waals surface area contributed by atoms with E-state index in [1.165, 1.54) is 0 Å². The van der Waals surface area contributed by atoms with Gasteiger partial charge in [0.15, 0.2) is 0 Å². The maximum absolute atomic E-state index is 11.4. The van der Waals surface area contributed by atoms with Crippen molar-refractivity contribution in [1.82, 2.24) is 5.32 Å². The zero-order chi connectivity index (χ0) is 14.7. The van der Waals surface area contributed by atoms with E-state index in [9.17, 15) is 9.59 Å². The minimum Gasteiger partial charge on any atom is -0.381 e. The molecule has 0 fully saturated rings. The van der Waals surface area contributed by atoms with Crippen molar-refractivity contribution in [2.45, 2.75) is 53.4 Å². The second kappa shape index (κ2) is 11.0. The number of carbonyl (C=O) groups is 2. The highest BCUT2D eigenvalue weighted by molar-refractivity contribution is 5.85. The summed E-state index contributed by atoms with van der Waals surface area (Å²) in [5.74, 6) is 0.781. The number of ether oxygens (including phenoxy) is 1. The second-order valence-electron chi connectivity index (χ2n) is 5.62. The molecule has 0 saturated heterocycles. The molecular formula is C15H29NO3. The lowest BCUT2D eigenvalue weighted by molar-refractivity contribution is -0.126. The van der Waals surface area contributed by atoms with E-state index in [1.807, 2.05) is 13.8 Å². The monoisotopic (exact) mass is 271 g/mol. The summed E-state index contributed by atoms with van der Waals surface area (Å²) in [5, 5.41) is 2.81. The van der Waals surface area contributed by atoms with Crippen LogP contribution in [0.15, 0.2) is 0 Å². The van der Waals surface area contributed by atoms with Gasteiger partial charge in [0.1, 0.15) is 5.78 Å². The van der Waals surface area contributed by atoms with Gasteiger partial charge < -0.3 is 10.1 Å². The standard InChI is InChI=1S/C15H29NO3/c1-12(2)8-11-19-10-5-9-16-15(18)7-6-14(17)13(3)4/h12-13H,5-11H2,1-4H3,(H,16,18).